The fourth-order valence-electron chi connectivity index (χ4n) is 2.70. The van der Waals surface area contributed by atoms with Crippen LogP contribution in [0.4, 0.5) is 13.2 Å². The molecule has 0 atom stereocenters. The third kappa shape index (κ3) is 4.53. The lowest BCUT2D eigenvalue weighted by atomic mass is 10.0. The van der Waals surface area contributed by atoms with Gasteiger partial charge >= 0.3 is 0 Å². The van der Waals surface area contributed by atoms with Gasteiger partial charge in [0.05, 0.1) is 5.56 Å². The summed E-state index contributed by atoms with van der Waals surface area (Å²) in [5.74, 6) is 3.40. The van der Waals surface area contributed by atoms with Crippen molar-refractivity contribution in [1.82, 2.24) is 0 Å². The van der Waals surface area contributed by atoms with E-state index in [0.717, 1.165) is 30.5 Å². The molecule has 4 heteroatoms. The molecule has 0 N–H and O–H groups in total. The molecule has 136 valence electrons. The average molecular weight is 385 g/mol. The minimum atomic E-state index is -0.887. The molecule has 0 bridgehead atoms. The molecule has 3 aromatic carbocycles. The summed E-state index contributed by atoms with van der Waals surface area (Å²) < 4.78 is 41.6. The van der Waals surface area contributed by atoms with Gasteiger partial charge in [0.1, 0.15) is 22.5 Å². The topological polar surface area (TPSA) is 0 Å². The highest BCUT2D eigenvalue weighted by Gasteiger charge is 2.11. The lowest BCUT2D eigenvalue weighted by Crippen LogP contribution is -1.90. The van der Waals surface area contributed by atoms with E-state index in [1.807, 2.05) is 24.3 Å². The van der Waals surface area contributed by atoms with Crippen LogP contribution in [0.15, 0.2) is 54.6 Å². The molecule has 0 amide bonds. The first-order chi connectivity index (χ1) is 13.0. The predicted octanol–water partition coefficient (Wildman–Crippen LogP) is 6.78. The van der Waals surface area contributed by atoms with Gasteiger partial charge in [-0.3, -0.25) is 0 Å². The minimum Gasteiger partial charge on any atom is -0.206 e. The molecule has 0 spiro atoms. The molecule has 3 aromatic rings. The van der Waals surface area contributed by atoms with Crippen LogP contribution in [0.25, 0.3) is 11.1 Å². The van der Waals surface area contributed by atoms with E-state index in [4.69, 9.17) is 11.6 Å². The Balaban J connectivity index is 1.86. The Morgan fingerprint density at radius 1 is 0.778 bits per heavy atom. The monoisotopic (exact) mass is 384 g/mol. The maximum Gasteiger partial charge on any atom is 0.145 e. The van der Waals surface area contributed by atoms with Gasteiger partial charge in [-0.05, 0) is 59.5 Å². The van der Waals surface area contributed by atoms with Crippen LogP contribution in [-0.4, -0.2) is 0 Å². The van der Waals surface area contributed by atoms with Gasteiger partial charge in [-0.15, -0.1) is 0 Å². The zero-order valence-electron chi connectivity index (χ0n) is 14.6. The van der Waals surface area contributed by atoms with Crippen LogP contribution in [0, 0.1) is 29.3 Å². The molecule has 0 saturated carbocycles. The summed E-state index contributed by atoms with van der Waals surface area (Å²) in [6, 6.07) is 14.2. The standard InChI is InChI=1S/C23H16ClF3/c1-2-3-15-4-6-16(7-5-15)8-9-17-10-11-18(12-20(17)25)19-13-21(26)23(24)22(27)14-19/h4-7,10-14H,2-3H2,1H3. The van der Waals surface area contributed by atoms with Crippen molar-refractivity contribution in [2.45, 2.75) is 19.8 Å². The van der Waals surface area contributed by atoms with Gasteiger partial charge in [0.25, 0.3) is 0 Å². The molecule has 0 fully saturated rings. The Labute approximate surface area is 161 Å². The molecule has 0 nitrogen and oxygen atoms in total. The second-order valence-electron chi connectivity index (χ2n) is 6.15. The maximum absolute atomic E-state index is 14.4. The Kier molecular flexibility index (Phi) is 5.88. The predicted molar refractivity (Wildman–Crippen MR) is 103 cm³/mol. The number of halogens is 4. The normalized spacial score (nSPS) is 10.4. The summed E-state index contributed by atoms with van der Waals surface area (Å²) in [7, 11) is 0. The summed E-state index contributed by atoms with van der Waals surface area (Å²) in [6.45, 7) is 2.12. The van der Waals surface area contributed by atoms with Crippen LogP contribution in [0.2, 0.25) is 5.02 Å². The zero-order valence-corrected chi connectivity index (χ0v) is 15.4. The lowest BCUT2D eigenvalue weighted by Gasteiger charge is -2.05. The van der Waals surface area contributed by atoms with Crippen molar-refractivity contribution in [2.75, 3.05) is 0 Å². The van der Waals surface area contributed by atoms with Crippen molar-refractivity contribution >= 4 is 11.6 Å². The highest BCUT2D eigenvalue weighted by molar-refractivity contribution is 6.31. The number of hydrogen-bond acceptors (Lipinski definition) is 0. The van der Waals surface area contributed by atoms with Gasteiger partial charge in [-0.25, -0.2) is 13.2 Å². The van der Waals surface area contributed by atoms with E-state index in [1.54, 1.807) is 6.07 Å². The van der Waals surface area contributed by atoms with Gasteiger partial charge in [0, 0.05) is 5.56 Å². The summed E-state index contributed by atoms with van der Waals surface area (Å²) in [4.78, 5) is 0. The number of hydrogen-bond donors (Lipinski definition) is 0. The van der Waals surface area contributed by atoms with Crippen molar-refractivity contribution in [3.63, 3.8) is 0 Å². The van der Waals surface area contributed by atoms with Gasteiger partial charge in [-0.1, -0.05) is 55.0 Å². The Hall–Kier alpha value is -2.70. The summed E-state index contributed by atoms with van der Waals surface area (Å²) in [6.07, 6.45) is 2.08. The second kappa shape index (κ2) is 8.33. The molecule has 0 aliphatic heterocycles. The van der Waals surface area contributed by atoms with E-state index in [9.17, 15) is 13.2 Å². The third-order valence-corrected chi connectivity index (χ3v) is 4.48. The maximum atomic E-state index is 14.4. The molecule has 0 aliphatic carbocycles. The van der Waals surface area contributed by atoms with E-state index in [2.05, 4.69) is 18.8 Å². The SMILES string of the molecule is CCCc1ccc(C#Cc2ccc(-c3cc(F)c(Cl)c(F)c3)cc2F)cc1. The molecular formula is C23H16ClF3. The number of rotatable bonds is 3. The van der Waals surface area contributed by atoms with Gasteiger partial charge < -0.3 is 0 Å². The Morgan fingerprint density at radius 3 is 2.00 bits per heavy atom. The molecule has 0 unspecified atom stereocenters. The minimum absolute atomic E-state index is 0.208. The Morgan fingerprint density at radius 2 is 1.41 bits per heavy atom. The first kappa shape index (κ1) is 19.1. The molecule has 3 rings (SSSR count). The van der Waals surface area contributed by atoms with Crippen LogP contribution in [-0.2, 0) is 6.42 Å². The van der Waals surface area contributed by atoms with E-state index < -0.39 is 22.5 Å². The van der Waals surface area contributed by atoms with Crippen LogP contribution in [0.5, 0.6) is 0 Å². The molecule has 27 heavy (non-hydrogen) atoms. The smallest absolute Gasteiger partial charge is 0.145 e. The largest absolute Gasteiger partial charge is 0.206 e. The molecule has 0 aromatic heterocycles. The quantitative estimate of drug-likeness (QED) is 0.345. The fourth-order valence-corrected chi connectivity index (χ4v) is 2.81. The molecular weight excluding hydrogens is 369 g/mol. The van der Waals surface area contributed by atoms with Crippen molar-refractivity contribution < 1.29 is 13.2 Å². The van der Waals surface area contributed by atoms with Gasteiger partial charge in [0.15, 0.2) is 0 Å². The molecule has 0 radical (unpaired) electrons. The summed E-state index contributed by atoms with van der Waals surface area (Å²) in [5.41, 5.74) is 2.79. The Bertz CT molecular complexity index is 1000. The number of aryl methyl sites for hydroxylation is 1. The van der Waals surface area contributed by atoms with Crippen LogP contribution < -0.4 is 0 Å². The van der Waals surface area contributed by atoms with Crippen LogP contribution >= 0.6 is 11.6 Å². The molecule has 0 heterocycles. The van der Waals surface area contributed by atoms with Gasteiger partial charge in [-0.2, -0.15) is 0 Å². The van der Waals surface area contributed by atoms with Crippen LogP contribution in [0.1, 0.15) is 30.0 Å². The van der Waals surface area contributed by atoms with Crippen molar-refractivity contribution in [3.8, 4) is 23.0 Å². The molecule has 0 aliphatic rings. The average Bonchev–Trinajstić information content (AvgIpc) is 2.66. The second-order valence-corrected chi connectivity index (χ2v) is 6.52. The molecule has 0 saturated heterocycles. The van der Waals surface area contributed by atoms with Crippen molar-refractivity contribution in [2.24, 2.45) is 0 Å². The van der Waals surface area contributed by atoms with Gasteiger partial charge in [0.2, 0.25) is 0 Å². The number of benzene rings is 3. The first-order valence-electron chi connectivity index (χ1n) is 8.53. The fraction of sp³-hybridized carbons (Fsp3) is 0.130. The van der Waals surface area contributed by atoms with E-state index in [0.29, 0.717) is 5.56 Å². The van der Waals surface area contributed by atoms with Crippen molar-refractivity contribution in [3.05, 3.63) is 93.8 Å². The van der Waals surface area contributed by atoms with Crippen molar-refractivity contribution in [1.29, 1.82) is 0 Å². The van der Waals surface area contributed by atoms with Crippen LogP contribution in [0.3, 0.4) is 0 Å². The zero-order chi connectivity index (χ0) is 19.4. The van der Waals surface area contributed by atoms with E-state index in [1.165, 1.54) is 17.7 Å². The summed E-state index contributed by atoms with van der Waals surface area (Å²) >= 11 is 5.48. The first-order valence-corrected chi connectivity index (χ1v) is 8.91. The third-order valence-electron chi connectivity index (χ3n) is 4.12. The highest BCUT2D eigenvalue weighted by atomic mass is 35.5. The summed E-state index contributed by atoms with van der Waals surface area (Å²) in [5, 5.41) is -0.577. The van der Waals surface area contributed by atoms with E-state index in [-0.39, 0.29) is 11.1 Å². The van der Waals surface area contributed by atoms with E-state index >= 15 is 0 Å². The lowest BCUT2D eigenvalue weighted by molar-refractivity contribution is 0.585. The highest BCUT2D eigenvalue weighted by Crippen LogP contribution is 2.28.